The summed E-state index contributed by atoms with van der Waals surface area (Å²) in [5.41, 5.74) is 3.96. The van der Waals surface area contributed by atoms with Crippen LogP contribution in [0.4, 0.5) is 0 Å². The molecule has 17 heavy (non-hydrogen) atoms. The molecule has 0 aliphatic heterocycles. The molecule has 0 aliphatic rings. The highest BCUT2D eigenvalue weighted by Gasteiger charge is 2.01. The predicted molar refractivity (Wildman–Crippen MR) is 71.6 cm³/mol. The maximum Gasteiger partial charge on any atom is 0.122 e. The molecule has 0 heterocycles. The Hall–Kier alpha value is -1.76. The Balaban J connectivity index is 2.04. The molecule has 1 nitrogen and oxygen atoms in total. The molecule has 2 rings (SSSR count). The average Bonchev–Trinajstić information content (AvgIpc) is 2.38. The molecule has 0 saturated heterocycles. The molecule has 2 aromatic carbocycles. The summed E-state index contributed by atoms with van der Waals surface area (Å²) in [7, 11) is 1.73. The van der Waals surface area contributed by atoms with Crippen LogP contribution in [0.25, 0.3) is 0 Å². The number of methoxy groups -OCH3 is 1. The number of hydrogen-bond acceptors (Lipinski definition) is 1. The van der Waals surface area contributed by atoms with Crippen molar-refractivity contribution in [1.29, 1.82) is 0 Å². The highest BCUT2D eigenvalue weighted by atomic mass is 16.5. The van der Waals surface area contributed by atoms with E-state index in [0.29, 0.717) is 0 Å². The van der Waals surface area contributed by atoms with E-state index < -0.39 is 0 Å². The van der Waals surface area contributed by atoms with E-state index in [1.165, 1.54) is 16.7 Å². The third kappa shape index (κ3) is 3.10. The van der Waals surface area contributed by atoms with Crippen LogP contribution in [0.3, 0.4) is 0 Å². The zero-order chi connectivity index (χ0) is 12.1. The van der Waals surface area contributed by atoms with E-state index in [4.69, 9.17) is 4.74 Å². The molecule has 0 saturated carbocycles. The van der Waals surface area contributed by atoms with Gasteiger partial charge < -0.3 is 4.74 Å². The lowest BCUT2D eigenvalue weighted by atomic mass is 10.0. The summed E-state index contributed by atoms with van der Waals surface area (Å²) in [6.45, 7) is 2.12. The Kier molecular flexibility index (Phi) is 3.81. The second kappa shape index (κ2) is 5.53. The minimum Gasteiger partial charge on any atom is -0.496 e. The van der Waals surface area contributed by atoms with Crippen molar-refractivity contribution in [2.24, 2.45) is 0 Å². The van der Waals surface area contributed by atoms with Crippen LogP contribution in [0.15, 0.2) is 48.5 Å². The fraction of sp³-hybridized carbons (Fsp3) is 0.250. The van der Waals surface area contributed by atoms with Gasteiger partial charge in [-0.3, -0.25) is 0 Å². The van der Waals surface area contributed by atoms with Gasteiger partial charge in [0.15, 0.2) is 0 Å². The molecule has 0 aliphatic carbocycles. The van der Waals surface area contributed by atoms with Crippen molar-refractivity contribution >= 4 is 0 Å². The fourth-order valence-corrected chi connectivity index (χ4v) is 1.94. The Morgan fingerprint density at radius 1 is 0.882 bits per heavy atom. The van der Waals surface area contributed by atoms with Crippen LogP contribution in [0, 0.1) is 6.92 Å². The molecule has 2 aromatic rings. The fourth-order valence-electron chi connectivity index (χ4n) is 1.94. The highest BCUT2D eigenvalue weighted by molar-refractivity contribution is 5.34. The summed E-state index contributed by atoms with van der Waals surface area (Å²) in [5.74, 6) is 0.986. The maximum atomic E-state index is 5.35. The van der Waals surface area contributed by atoms with Gasteiger partial charge in [-0.15, -0.1) is 0 Å². The van der Waals surface area contributed by atoms with Gasteiger partial charge in [-0.05, 0) is 37.0 Å². The van der Waals surface area contributed by atoms with Crippen LogP contribution in [-0.2, 0) is 12.8 Å². The monoisotopic (exact) mass is 226 g/mol. The molecule has 0 atom stereocenters. The van der Waals surface area contributed by atoms with Crippen molar-refractivity contribution in [1.82, 2.24) is 0 Å². The molecule has 0 aromatic heterocycles. The van der Waals surface area contributed by atoms with Crippen molar-refractivity contribution in [2.45, 2.75) is 19.8 Å². The summed E-state index contributed by atoms with van der Waals surface area (Å²) in [6.07, 6.45) is 2.08. The van der Waals surface area contributed by atoms with E-state index in [1.54, 1.807) is 7.11 Å². The van der Waals surface area contributed by atoms with Gasteiger partial charge in [0.05, 0.1) is 7.11 Å². The smallest absolute Gasteiger partial charge is 0.122 e. The lowest BCUT2D eigenvalue weighted by Gasteiger charge is -2.08. The van der Waals surface area contributed by atoms with Gasteiger partial charge in [-0.2, -0.15) is 0 Å². The first-order valence-corrected chi connectivity index (χ1v) is 5.97. The average molecular weight is 226 g/mol. The zero-order valence-corrected chi connectivity index (χ0v) is 10.4. The molecule has 0 spiro atoms. The van der Waals surface area contributed by atoms with Crippen molar-refractivity contribution < 1.29 is 4.74 Å². The van der Waals surface area contributed by atoms with Gasteiger partial charge in [0.25, 0.3) is 0 Å². The van der Waals surface area contributed by atoms with Gasteiger partial charge in [0.1, 0.15) is 5.75 Å². The maximum absolute atomic E-state index is 5.35. The van der Waals surface area contributed by atoms with Gasteiger partial charge >= 0.3 is 0 Å². The van der Waals surface area contributed by atoms with E-state index in [9.17, 15) is 0 Å². The second-order valence-corrected chi connectivity index (χ2v) is 4.30. The van der Waals surface area contributed by atoms with Gasteiger partial charge in [-0.1, -0.05) is 48.0 Å². The first-order valence-electron chi connectivity index (χ1n) is 5.97. The van der Waals surface area contributed by atoms with Gasteiger partial charge in [0, 0.05) is 0 Å². The van der Waals surface area contributed by atoms with Crippen molar-refractivity contribution in [2.75, 3.05) is 7.11 Å². The Bertz CT molecular complexity index is 471. The molecule has 88 valence electrons. The van der Waals surface area contributed by atoms with E-state index >= 15 is 0 Å². The van der Waals surface area contributed by atoms with Crippen LogP contribution in [0.2, 0.25) is 0 Å². The first-order chi connectivity index (χ1) is 8.29. The number of benzene rings is 2. The number of para-hydroxylation sites is 1. The van der Waals surface area contributed by atoms with E-state index in [1.807, 2.05) is 12.1 Å². The molecule has 0 amide bonds. The highest BCUT2D eigenvalue weighted by Crippen LogP contribution is 2.19. The standard InChI is InChI=1S/C16H18O/c1-13-7-9-14(10-8-13)11-12-15-5-3-4-6-16(15)17-2/h3-10H,11-12H2,1-2H3. The number of ether oxygens (including phenoxy) is 1. The summed E-state index contributed by atoms with van der Waals surface area (Å²) in [5, 5.41) is 0. The SMILES string of the molecule is COc1ccccc1CCc1ccc(C)cc1. The summed E-state index contributed by atoms with van der Waals surface area (Å²) < 4.78 is 5.35. The molecular weight excluding hydrogens is 208 g/mol. The lowest BCUT2D eigenvalue weighted by Crippen LogP contribution is -1.95. The lowest BCUT2D eigenvalue weighted by molar-refractivity contribution is 0.409. The van der Waals surface area contributed by atoms with Crippen LogP contribution < -0.4 is 4.74 Å². The molecule has 0 unspecified atom stereocenters. The van der Waals surface area contributed by atoms with Crippen molar-refractivity contribution in [3.05, 3.63) is 65.2 Å². The summed E-state index contributed by atoms with van der Waals surface area (Å²) in [6, 6.07) is 16.9. The van der Waals surface area contributed by atoms with Gasteiger partial charge in [0.2, 0.25) is 0 Å². The van der Waals surface area contributed by atoms with Crippen LogP contribution in [0.1, 0.15) is 16.7 Å². The Morgan fingerprint density at radius 3 is 2.29 bits per heavy atom. The molecule has 0 fully saturated rings. The first kappa shape index (κ1) is 11.7. The molecule has 0 radical (unpaired) electrons. The van der Waals surface area contributed by atoms with E-state index in [2.05, 4.69) is 43.3 Å². The minimum absolute atomic E-state index is 0.986. The number of aryl methyl sites for hydroxylation is 3. The Morgan fingerprint density at radius 2 is 1.59 bits per heavy atom. The quantitative estimate of drug-likeness (QED) is 0.770. The van der Waals surface area contributed by atoms with Gasteiger partial charge in [-0.25, -0.2) is 0 Å². The zero-order valence-electron chi connectivity index (χ0n) is 10.4. The number of rotatable bonds is 4. The third-order valence-corrected chi connectivity index (χ3v) is 3.00. The van der Waals surface area contributed by atoms with Crippen LogP contribution in [0.5, 0.6) is 5.75 Å². The van der Waals surface area contributed by atoms with Crippen molar-refractivity contribution in [3.63, 3.8) is 0 Å². The van der Waals surface area contributed by atoms with E-state index in [-0.39, 0.29) is 0 Å². The van der Waals surface area contributed by atoms with Crippen LogP contribution in [-0.4, -0.2) is 7.11 Å². The molecule has 1 heteroatoms. The predicted octanol–water partition coefficient (Wildman–Crippen LogP) is 3.79. The second-order valence-electron chi connectivity index (χ2n) is 4.30. The number of hydrogen-bond donors (Lipinski definition) is 0. The van der Waals surface area contributed by atoms with Crippen molar-refractivity contribution in [3.8, 4) is 5.75 Å². The topological polar surface area (TPSA) is 9.23 Å². The normalized spacial score (nSPS) is 10.2. The minimum atomic E-state index is 0.986. The summed E-state index contributed by atoms with van der Waals surface area (Å²) >= 11 is 0. The van der Waals surface area contributed by atoms with E-state index in [0.717, 1.165) is 18.6 Å². The molecule has 0 N–H and O–H groups in total. The van der Waals surface area contributed by atoms with Crippen LogP contribution >= 0.6 is 0 Å². The largest absolute Gasteiger partial charge is 0.496 e. The Labute approximate surface area is 103 Å². The third-order valence-electron chi connectivity index (χ3n) is 3.00. The molecular formula is C16H18O. The molecule has 0 bridgehead atoms. The summed E-state index contributed by atoms with van der Waals surface area (Å²) in [4.78, 5) is 0.